The van der Waals surface area contributed by atoms with Crippen LogP contribution < -0.4 is 0 Å². The summed E-state index contributed by atoms with van der Waals surface area (Å²) in [5.74, 6) is 0.229. The van der Waals surface area contributed by atoms with Crippen LogP contribution in [0.1, 0.15) is 22.3 Å². The molecule has 5 nitrogen and oxygen atoms in total. The molecule has 0 saturated carbocycles. The largest absolute Gasteiger partial charge is 0.416 e. The van der Waals surface area contributed by atoms with Crippen LogP contribution in [0.3, 0.4) is 0 Å². The molecule has 0 fully saturated rings. The molecular formula is C60H42F3N5. The highest BCUT2D eigenvalue weighted by molar-refractivity contribution is 6.12. The fourth-order valence-corrected chi connectivity index (χ4v) is 9.55. The maximum atomic E-state index is 15.7. The van der Waals surface area contributed by atoms with E-state index in [2.05, 4.69) is 61.7 Å². The molecule has 0 saturated heterocycles. The average molecular weight is 890 g/mol. The van der Waals surface area contributed by atoms with Crippen molar-refractivity contribution in [3.8, 4) is 84.6 Å². The summed E-state index contributed by atoms with van der Waals surface area (Å²) in [7, 11) is 0. The van der Waals surface area contributed by atoms with Crippen LogP contribution in [0, 0.1) is 20.8 Å². The van der Waals surface area contributed by atoms with Gasteiger partial charge in [0.1, 0.15) is 0 Å². The van der Waals surface area contributed by atoms with Gasteiger partial charge in [-0.1, -0.05) is 163 Å². The van der Waals surface area contributed by atoms with Crippen LogP contribution in [0.2, 0.25) is 0 Å². The van der Waals surface area contributed by atoms with Gasteiger partial charge in [0.15, 0.2) is 11.6 Å². The summed E-state index contributed by atoms with van der Waals surface area (Å²) >= 11 is 0. The maximum Gasteiger partial charge on any atom is 0.416 e. The zero-order valence-corrected chi connectivity index (χ0v) is 37.4. The van der Waals surface area contributed by atoms with E-state index < -0.39 is 11.7 Å². The van der Waals surface area contributed by atoms with Gasteiger partial charge in [-0.3, -0.25) is 0 Å². The Kier molecular flexibility index (Phi) is 10.6. The standard InChI is InChI=1S/C60H42F3N5/c1-37-30-38(2)56(39(3)31-37)44-28-29-55-47(32-44)46-26-16-17-27-54(46)68(55)57-48(58-64-50(40-18-8-4-9-19-40)35-51(65-58)41-20-10-5-11-21-41)33-45(60(61,62)63)34-49(57)59-66-52(42-22-12-6-13-23-42)36-53(67-59)43-24-14-7-15-25-43/h4-36H,1-3H3. The molecule has 0 N–H and O–H groups in total. The molecule has 3 heterocycles. The monoisotopic (exact) mass is 889 g/mol. The summed E-state index contributed by atoms with van der Waals surface area (Å²) in [4.78, 5) is 20.7. The number of nitrogens with zero attached hydrogens (tertiary/aromatic N) is 5. The molecule has 328 valence electrons. The van der Waals surface area contributed by atoms with Crippen molar-refractivity contribution in [1.82, 2.24) is 24.5 Å². The summed E-state index contributed by atoms with van der Waals surface area (Å²) < 4.78 is 49.3. The van der Waals surface area contributed by atoms with Crippen molar-refractivity contribution < 1.29 is 13.2 Å². The fourth-order valence-electron chi connectivity index (χ4n) is 9.55. The zero-order chi connectivity index (χ0) is 46.5. The number of aryl methyl sites for hydroxylation is 3. The molecule has 8 heteroatoms. The van der Waals surface area contributed by atoms with Gasteiger partial charge in [-0.15, -0.1) is 0 Å². The van der Waals surface area contributed by atoms with Gasteiger partial charge in [-0.2, -0.15) is 13.2 Å². The Morgan fingerprint density at radius 3 is 1.21 bits per heavy atom. The predicted molar refractivity (Wildman–Crippen MR) is 269 cm³/mol. The van der Waals surface area contributed by atoms with E-state index >= 15 is 13.2 Å². The lowest BCUT2D eigenvalue weighted by Crippen LogP contribution is -2.11. The lowest BCUT2D eigenvalue weighted by atomic mass is 9.93. The Labute approximate surface area is 392 Å². The van der Waals surface area contributed by atoms with Crippen LogP contribution in [-0.2, 0) is 6.18 Å². The lowest BCUT2D eigenvalue weighted by molar-refractivity contribution is -0.137. The summed E-state index contributed by atoms with van der Waals surface area (Å²) in [5, 5.41) is 1.86. The van der Waals surface area contributed by atoms with Gasteiger partial charge in [-0.05, 0) is 85.5 Å². The minimum absolute atomic E-state index is 0.114. The van der Waals surface area contributed by atoms with E-state index in [0.717, 1.165) is 66.3 Å². The van der Waals surface area contributed by atoms with Gasteiger partial charge in [0.2, 0.25) is 0 Å². The summed E-state index contributed by atoms with van der Waals surface area (Å²) in [6.07, 6.45) is -4.78. The normalized spacial score (nSPS) is 11.7. The first-order valence-corrected chi connectivity index (χ1v) is 22.4. The molecule has 0 spiro atoms. The van der Waals surface area contributed by atoms with E-state index in [-0.39, 0.29) is 22.8 Å². The summed E-state index contributed by atoms with van der Waals surface area (Å²) in [6.45, 7) is 6.36. The SMILES string of the molecule is Cc1cc(C)c(-c2ccc3c(c2)c2ccccc2n3-c2c(-c3nc(-c4ccccc4)cc(-c4ccccc4)n3)cc(C(F)(F)F)cc2-c2nc(-c3ccccc3)cc(-c3ccccc3)n2)c(C)c1. The van der Waals surface area contributed by atoms with Gasteiger partial charge in [0.25, 0.3) is 0 Å². The van der Waals surface area contributed by atoms with Crippen molar-refractivity contribution in [1.29, 1.82) is 0 Å². The van der Waals surface area contributed by atoms with Gasteiger partial charge >= 0.3 is 6.18 Å². The Morgan fingerprint density at radius 2 is 0.779 bits per heavy atom. The van der Waals surface area contributed by atoms with E-state index in [0.29, 0.717) is 28.5 Å². The third-order valence-corrected chi connectivity index (χ3v) is 12.5. The van der Waals surface area contributed by atoms with Crippen molar-refractivity contribution in [2.24, 2.45) is 0 Å². The number of halogens is 3. The maximum absolute atomic E-state index is 15.7. The zero-order valence-electron chi connectivity index (χ0n) is 37.4. The van der Waals surface area contributed by atoms with Gasteiger partial charge in [0, 0.05) is 44.2 Å². The van der Waals surface area contributed by atoms with Crippen molar-refractivity contribution in [3.63, 3.8) is 0 Å². The number of fused-ring (bicyclic) bond motifs is 3. The van der Waals surface area contributed by atoms with Crippen LogP contribution in [0.5, 0.6) is 0 Å². The van der Waals surface area contributed by atoms with Crippen molar-refractivity contribution in [2.45, 2.75) is 26.9 Å². The molecule has 0 atom stereocenters. The fraction of sp³-hybridized carbons (Fsp3) is 0.0667. The van der Waals surface area contributed by atoms with Crippen LogP contribution >= 0.6 is 0 Å². The van der Waals surface area contributed by atoms with Crippen molar-refractivity contribution >= 4 is 21.8 Å². The smallest absolute Gasteiger partial charge is 0.308 e. The molecule has 0 amide bonds. The molecule has 0 aliphatic rings. The van der Waals surface area contributed by atoms with E-state index in [9.17, 15) is 0 Å². The Balaban J connectivity index is 1.30. The summed E-state index contributed by atoms with van der Waals surface area (Å²) in [5.41, 5.74) is 12.5. The number of benzene rings is 8. The number of para-hydroxylation sites is 1. The second-order valence-corrected chi connectivity index (χ2v) is 17.2. The minimum atomic E-state index is -4.78. The number of hydrogen-bond acceptors (Lipinski definition) is 4. The predicted octanol–water partition coefficient (Wildman–Crippen LogP) is 16.0. The molecule has 0 aliphatic carbocycles. The minimum Gasteiger partial charge on any atom is -0.308 e. The van der Waals surface area contributed by atoms with Crippen LogP contribution in [-0.4, -0.2) is 24.5 Å². The van der Waals surface area contributed by atoms with E-state index in [1.807, 2.05) is 152 Å². The lowest BCUT2D eigenvalue weighted by Gasteiger charge is -2.21. The molecule has 11 aromatic rings. The molecule has 8 aromatic carbocycles. The Morgan fingerprint density at radius 1 is 0.382 bits per heavy atom. The van der Waals surface area contributed by atoms with Crippen LogP contribution in [0.15, 0.2) is 200 Å². The van der Waals surface area contributed by atoms with Crippen molar-refractivity contribution in [2.75, 3.05) is 0 Å². The van der Waals surface area contributed by atoms with Crippen LogP contribution in [0.4, 0.5) is 13.2 Å². The first-order valence-electron chi connectivity index (χ1n) is 22.4. The van der Waals surface area contributed by atoms with Crippen LogP contribution in [0.25, 0.3) is 106 Å². The topological polar surface area (TPSA) is 56.5 Å². The van der Waals surface area contributed by atoms with Crippen molar-refractivity contribution in [3.05, 3.63) is 222 Å². The van der Waals surface area contributed by atoms with Gasteiger partial charge < -0.3 is 4.57 Å². The number of hydrogen-bond donors (Lipinski definition) is 0. The molecule has 11 rings (SSSR count). The number of rotatable bonds is 8. The third kappa shape index (κ3) is 7.79. The molecule has 3 aromatic heterocycles. The second kappa shape index (κ2) is 17.1. The first-order chi connectivity index (χ1) is 33.1. The van der Waals surface area contributed by atoms with Gasteiger partial charge in [-0.25, -0.2) is 19.9 Å². The Bertz CT molecular complexity index is 3390. The molecule has 68 heavy (non-hydrogen) atoms. The van der Waals surface area contributed by atoms with E-state index in [1.165, 1.54) is 17.7 Å². The average Bonchev–Trinajstić information content (AvgIpc) is 3.69. The molecule has 0 bridgehead atoms. The van der Waals surface area contributed by atoms with E-state index in [4.69, 9.17) is 19.9 Å². The molecular weight excluding hydrogens is 848 g/mol. The quantitative estimate of drug-likeness (QED) is 0.152. The highest BCUT2D eigenvalue weighted by Crippen LogP contribution is 2.46. The van der Waals surface area contributed by atoms with Gasteiger partial charge in [0.05, 0.1) is 45.1 Å². The number of aromatic nitrogens is 5. The first kappa shape index (κ1) is 42.2. The summed E-state index contributed by atoms with van der Waals surface area (Å²) in [6, 6.07) is 63.5. The highest BCUT2D eigenvalue weighted by atomic mass is 19.4. The number of alkyl halides is 3. The third-order valence-electron chi connectivity index (χ3n) is 12.5. The Hall–Kier alpha value is -8.49. The molecule has 0 radical (unpaired) electrons. The second-order valence-electron chi connectivity index (χ2n) is 17.2. The molecule has 0 unspecified atom stereocenters. The molecule has 0 aliphatic heterocycles. The van der Waals surface area contributed by atoms with E-state index in [1.54, 1.807) is 0 Å². The highest BCUT2D eigenvalue weighted by Gasteiger charge is 2.35.